The van der Waals surface area contributed by atoms with E-state index in [2.05, 4.69) is 0 Å². The zero-order chi connectivity index (χ0) is 18.1. The second kappa shape index (κ2) is 6.76. The first kappa shape index (κ1) is 17.3. The number of halogens is 1. The summed E-state index contributed by atoms with van der Waals surface area (Å²) in [5, 5.41) is 10.3. The van der Waals surface area contributed by atoms with Crippen LogP contribution in [0.5, 0.6) is 5.75 Å². The minimum atomic E-state index is -0.376. The summed E-state index contributed by atoms with van der Waals surface area (Å²) in [5.41, 5.74) is 2.09. The summed E-state index contributed by atoms with van der Waals surface area (Å²) in [4.78, 5) is 28.5. The van der Waals surface area contributed by atoms with Crippen molar-refractivity contribution in [1.82, 2.24) is 4.90 Å². The maximum atomic E-state index is 12.7. The normalized spacial score (nSPS) is 17.7. The summed E-state index contributed by atoms with van der Waals surface area (Å²) in [6, 6.07) is 11.9. The number of carbonyl (C=O) groups is 2. The van der Waals surface area contributed by atoms with Crippen molar-refractivity contribution in [3.05, 3.63) is 58.6 Å². The van der Waals surface area contributed by atoms with Crippen LogP contribution in [0.15, 0.2) is 42.5 Å². The summed E-state index contributed by atoms with van der Waals surface area (Å²) in [5.74, 6) is -0.708. The zero-order valence-corrected chi connectivity index (χ0v) is 14.8. The predicted molar refractivity (Wildman–Crippen MR) is 97.1 cm³/mol. The summed E-state index contributed by atoms with van der Waals surface area (Å²) in [6.45, 7) is 4.25. The van der Waals surface area contributed by atoms with Crippen molar-refractivity contribution in [2.45, 2.75) is 19.9 Å². The molecule has 1 aliphatic rings. The standard InChI is InChI=1S/C19H19ClN2O3/c1-12-3-6-15(7-4-12)22-10-13(2)21(11-18(22)24)19(25)16-8-5-14(20)9-17(16)23/h3-9,13,23H,10-11H2,1-2H3. The third kappa shape index (κ3) is 3.46. The van der Waals surface area contributed by atoms with E-state index in [-0.39, 0.29) is 35.7 Å². The first-order valence-corrected chi connectivity index (χ1v) is 8.41. The lowest BCUT2D eigenvalue weighted by Crippen LogP contribution is -2.57. The van der Waals surface area contributed by atoms with Crippen molar-refractivity contribution < 1.29 is 14.7 Å². The molecule has 0 aliphatic carbocycles. The van der Waals surface area contributed by atoms with E-state index in [1.807, 2.05) is 38.1 Å². The third-order valence-corrected chi connectivity index (χ3v) is 4.62. The quantitative estimate of drug-likeness (QED) is 0.896. The fourth-order valence-corrected chi connectivity index (χ4v) is 3.10. The van der Waals surface area contributed by atoms with Crippen LogP contribution in [0.4, 0.5) is 5.69 Å². The SMILES string of the molecule is Cc1ccc(N2CC(C)N(C(=O)c3ccc(Cl)cc3O)CC2=O)cc1. The van der Waals surface area contributed by atoms with Crippen molar-refractivity contribution in [3.8, 4) is 5.75 Å². The Morgan fingerprint density at radius 1 is 1.20 bits per heavy atom. The average molecular weight is 359 g/mol. The van der Waals surface area contributed by atoms with Crippen molar-refractivity contribution in [3.63, 3.8) is 0 Å². The van der Waals surface area contributed by atoms with E-state index >= 15 is 0 Å². The number of hydrogen-bond donors (Lipinski definition) is 1. The average Bonchev–Trinajstić information content (AvgIpc) is 2.57. The molecule has 25 heavy (non-hydrogen) atoms. The number of phenolic OH excluding ortho intramolecular Hbond substituents is 1. The van der Waals surface area contributed by atoms with Crippen LogP contribution in [0.3, 0.4) is 0 Å². The first-order valence-electron chi connectivity index (χ1n) is 8.03. The molecule has 2 amide bonds. The van der Waals surface area contributed by atoms with Gasteiger partial charge in [0.05, 0.1) is 5.56 Å². The minimum absolute atomic E-state index is 0.0318. The number of carbonyl (C=O) groups excluding carboxylic acids is 2. The molecule has 0 spiro atoms. The van der Waals surface area contributed by atoms with Crippen LogP contribution in [-0.4, -0.2) is 41.0 Å². The van der Waals surface area contributed by atoms with Gasteiger partial charge in [-0.1, -0.05) is 29.3 Å². The molecule has 3 rings (SSSR count). The van der Waals surface area contributed by atoms with E-state index in [4.69, 9.17) is 11.6 Å². The van der Waals surface area contributed by atoms with Gasteiger partial charge < -0.3 is 14.9 Å². The molecule has 2 aromatic carbocycles. The highest BCUT2D eigenvalue weighted by molar-refractivity contribution is 6.30. The Morgan fingerprint density at radius 3 is 2.52 bits per heavy atom. The highest BCUT2D eigenvalue weighted by Crippen LogP contribution is 2.26. The maximum Gasteiger partial charge on any atom is 0.258 e. The molecule has 1 N–H and O–H groups in total. The van der Waals surface area contributed by atoms with Gasteiger partial charge in [-0.05, 0) is 44.2 Å². The Balaban J connectivity index is 1.81. The number of benzene rings is 2. The second-order valence-electron chi connectivity index (χ2n) is 6.28. The van der Waals surface area contributed by atoms with Gasteiger partial charge in [0.2, 0.25) is 5.91 Å². The molecule has 1 aliphatic heterocycles. The molecule has 1 atom stereocenters. The van der Waals surface area contributed by atoms with Crippen molar-refractivity contribution in [2.24, 2.45) is 0 Å². The van der Waals surface area contributed by atoms with Crippen LogP contribution >= 0.6 is 11.6 Å². The van der Waals surface area contributed by atoms with Crippen molar-refractivity contribution in [2.75, 3.05) is 18.0 Å². The van der Waals surface area contributed by atoms with Gasteiger partial charge >= 0.3 is 0 Å². The van der Waals surface area contributed by atoms with Crippen LogP contribution in [0, 0.1) is 6.92 Å². The molecule has 1 heterocycles. The number of nitrogens with zero attached hydrogens (tertiary/aromatic N) is 2. The second-order valence-corrected chi connectivity index (χ2v) is 6.72. The molecule has 0 radical (unpaired) electrons. The molecule has 0 aromatic heterocycles. The number of phenols is 1. The summed E-state index contributed by atoms with van der Waals surface area (Å²) in [6.07, 6.45) is 0. The van der Waals surface area contributed by atoms with Gasteiger partial charge in [0.15, 0.2) is 0 Å². The first-order chi connectivity index (χ1) is 11.9. The fourth-order valence-electron chi connectivity index (χ4n) is 2.94. The van der Waals surface area contributed by atoms with E-state index in [0.717, 1.165) is 11.3 Å². The van der Waals surface area contributed by atoms with Gasteiger partial charge in [0.1, 0.15) is 12.3 Å². The molecular formula is C19H19ClN2O3. The van der Waals surface area contributed by atoms with E-state index in [1.165, 1.54) is 17.0 Å². The van der Waals surface area contributed by atoms with Crippen LogP contribution < -0.4 is 4.90 Å². The monoisotopic (exact) mass is 358 g/mol. The largest absolute Gasteiger partial charge is 0.507 e. The number of rotatable bonds is 2. The van der Waals surface area contributed by atoms with E-state index in [0.29, 0.717) is 11.6 Å². The number of aryl methyl sites for hydroxylation is 1. The van der Waals surface area contributed by atoms with Crippen LogP contribution in [0.25, 0.3) is 0 Å². The van der Waals surface area contributed by atoms with E-state index < -0.39 is 0 Å². The van der Waals surface area contributed by atoms with Gasteiger partial charge in [-0.3, -0.25) is 9.59 Å². The van der Waals surface area contributed by atoms with Crippen molar-refractivity contribution >= 4 is 29.1 Å². The van der Waals surface area contributed by atoms with E-state index in [1.54, 1.807) is 11.0 Å². The minimum Gasteiger partial charge on any atom is -0.507 e. The molecule has 6 heteroatoms. The van der Waals surface area contributed by atoms with Crippen LogP contribution in [-0.2, 0) is 4.79 Å². The molecule has 2 aromatic rings. The summed E-state index contributed by atoms with van der Waals surface area (Å²) >= 11 is 5.81. The lowest BCUT2D eigenvalue weighted by atomic mass is 10.1. The summed E-state index contributed by atoms with van der Waals surface area (Å²) < 4.78 is 0. The molecular weight excluding hydrogens is 340 g/mol. The Morgan fingerprint density at radius 2 is 1.88 bits per heavy atom. The molecule has 5 nitrogen and oxygen atoms in total. The third-order valence-electron chi connectivity index (χ3n) is 4.38. The maximum absolute atomic E-state index is 12.7. The molecule has 1 saturated heterocycles. The highest BCUT2D eigenvalue weighted by atomic mass is 35.5. The van der Waals surface area contributed by atoms with Crippen molar-refractivity contribution in [1.29, 1.82) is 0 Å². The van der Waals surface area contributed by atoms with Gasteiger partial charge in [-0.25, -0.2) is 0 Å². The van der Waals surface area contributed by atoms with Gasteiger partial charge in [-0.15, -0.1) is 0 Å². The molecule has 0 bridgehead atoms. The Labute approximate surface area is 151 Å². The number of anilines is 1. The van der Waals surface area contributed by atoms with Crippen LogP contribution in [0.2, 0.25) is 5.02 Å². The zero-order valence-electron chi connectivity index (χ0n) is 14.1. The molecule has 1 fully saturated rings. The van der Waals surface area contributed by atoms with Crippen LogP contribution in [0.1, 0.15) is 22.8 Å². The van der Waals surface area contributed by atoms with E-state index in [9.17, 15) is 14.7 Å². The predicted octanol–water partition coefficient (Wildman–Crippen LogP) is 3.23. The topological polar surface area (TPSA) is 60.9 Å². The molecule has 1 unspecified atom stereocenters. The van der Waals surface area contributed by atoms with Gasteiger partial charge in [0, 0.05) is 23.3 Å². The van der Waals surface area contributed by atoms with Gasteiger partial charge in [0.25, 0.3) is 5.91 Å². The Hall–Kier alpha value is -2.53. The lowest BCUT2D eigenvalue weighted by molar-refractivity contribution is -0.121. The number of hydrogen-bond acceptors (Lipinski definition) is 3. The Bertz CT molecular complexity index is 820. The number of piperazine rings is 1. The van der Waals surface area contributed by atoms with Gasteiger partial charge in [-0.2, -0.15) is 0 Å². The lowest BCUT2D eigenvalue weighted by Gasteiger charge is -2.39. The molecule has 130 valence electrons. The summed E-state index contributed by atoms with van der Waals surface area (Å²) in [7, 11) is 0. The highest BCUT2D eigenvalue weighted by Gasteiger charge is 2.34. The fraction of sp³-hybridized carbons (Fsp3) is 0.263. The molecule has 0 saturated carbocycles. The Kier molecular flexibility index (Phi) is 4.68. The smallest absolute Gasteiger partial charge is 0.258 e. The number of amides is 2. The number of aromatic hydroxyl groups is 1.